The molecule has 146 valence electrons. The van der Waals surface area contributed by atoms with E-state index in [0.29, 0.717) is 17.1 Å². The third-order valence-electron chi connectivity index (χ3n) is 4.73. The summed E-state index contributed by atoms with van der Waals surface area (Å²) in [4.78, 5) is 24.8. The molecule has 4 aromatic rings. The Morgan fingerprint density at radius 3 is 2.76 bits per heavy atom. The lowest BCUT2D eigenvalue weighted by atomic mass is 10.1. The van der Waals surface area contributed by atoms with Gasteiger partial charge in [0.05, 0.1) is 18.5 Å². The monoisotopic (exact) mass is 388 g/mol. The molecule has 0 spiro atoms. The molecule has 2 aromatic carbocycles. The van der Waals surface area contributed by atoms with Crippen molar-refractivity contribution in [1.82, 2.24) is 14.3 Å². The summed E-state index contributed by atoms with van der Waals surface area (Å²) in [7, 11) is 3.53. The Balaban J connectivity index is 1.58. The number of anilines is 1. The number of aryl methyl sites for hydroxylation is 1. The number of carbonyl (C=O) groups excluding carboxylic acids is 1. The fraction of sp³-hybridized carbons (Fsp3) is 0.136. The van der Waals surface area contributed by atoms with E-state index in [1.54, 1.807) is 13.2 Å². The molecule has 0 radical (unpaired) electrons. The summed E-state index contributed by atoms with van der Waals surface area (Å²) in [6.07, 6.45) is 1.93. The van der Waals surface area contributed by atoms with E-state index >= 15 is 0 Å². The normalized spacial score (nSPS) is 10.8. The van der Waals surface area contributed by atoms with Crippen molar-refractivity contribution >= 4 is 22.5 Å². The molecule has 0 saturated heterocycles. The van der Waals surface area contributed by atoms with Crippen molar-refractivity contribution < 1.29 is 9.53 Å². The molecule has 29 heavy (non-hydrogen) atoms. The van der Waals surface area contributed by atoms with Gasteiger partial charge in [0.25, 0.3) is 5.56 Å². The van der Waals surface area contributed by atoms with Crippen LogP contribution in [0, 0.1) is 0 Å². The molecule has 1 amide bonds. The summed E-state index contributed by atoms with van der Waals surface area (Å²) >= 11 is 0. The Kier molecular flexibility index (Phi) is 4.87. The van der Waals surface area contributed by atoms with Crippen molar-refractivity contribution in [2.45, 2.75) is 6.54 Å². The molecule has 2 aromatic heterocycles. The Labute approximate surface area is 167 Å². The number of hydrogen-bond acceptors (Lipinski definition) is 4. The molecule has 0 bridgehead atoms. The van der Waals surface area contributed by atoms with Crippen LogP contribution in [0.3, 0.4) is 0 Å². The lowest BCUT2D eigenvalue weighted by molar-refractivity contribution is -0.117. The first kappa shape index (κ1) is 18.5. The van der Waals surface area contributed by atoms with E-state index in [-0.39, 0.29) is 18.0 Å². The van der Waals surface area contributed by atoms with Crippen LogP contribution in [-0.4, -0.2) is 27.4 Å². The van der Waals surface area contributed by atoms with E-state index in [4.69, 9.17) is 4.74 Å². The molecule has 2 heterocycles. The minimum Gasteiger partial charge on any atom is -0.497 e. The molecule has 0 aliphatic rings. The minimum atomic E-state index is -0.343. The van der Waals surface area contributed by atoms with Gasteiger partial charge in [0.2, 0.25) is 5.91 Å². The number of rotatable bonds is 5. The number of nitrogens with zero attached hydrogens (tertiary/aromatic N) is 3. The van der Waals surface area contributed by atoms with E-state index in [9.17, 15) is 9.59 Å². The molecule has 0 unspecified atom stereocenters. The van der Waals surface area contributed by atoms with E-state index in [0.717, 1.165) is 21.1 Å². The predicted octanol–water partition coefficient (Wildman–Crippen LogP) is 3.05. The number of fused-ring (bicyclic) bond motifs is 1. The molecular formula is C22H20N4O3. The Bertz CT molecular complexity index is 1260. The van der Waals surface area contributed by atoms with E-state index in [1.807, 2.05) is 66.3 Å². The van der Waals surface area contributed by atoms with Gasteiger partial charge < -0.3 is 14.6 Å². The molecule has 0 saturated carbocycles. The van der Waals surface area contributed by atoms with E-state index < -0.39 is 0 Å². The molecule has 7 heteroatoms. The maximum Gasteiger partial charge on any atom is 0.267 e. The number of aromatic nitrogens is 3. The Morgan fingerprint density at radius 1 is 1.10 bits per heavy atom. The number of hydrogen-bond donors (Lipinski definition) is 1. The van der Waals surface area contributed by atoms with Gasteiger partial charge >= 0.3 is 0 Å². The highest BCUT2D eigenvalue weighted by molar-refractivity contribution is 6.01. The summed E-state index contributed by atoms with van der Waals surface area (Å²) < 4.78 is 8.38. The lowest BCUT2D eigenvalue weighted by Gasteiger charge is -2.10. The first-order valence-corrected chi connectivity index (χ1v) is 9.11. The lowest BCUT2D eigenvalue weighted by Crippen LogP contribution is -2.29. The van der Waals surface area contributed by atoms with Crippen molar-refractivity contribution in [3.63, 3.8) is 0 Å². The predicted molar refractivity (Wildman–Crippen MR) is 112 cm³/mol. The van der Waals surface area contributed by atoms with Crippen molar-refractivity contribution in [2.75, 3.05) is 12.4 Å². The second-order valence-electron chi connectivity index (χ2n) is 6.66. The van der Waals surface area contributed by atoms with Gasteiger partial charge in [0.15, 0.2) is 0 Å². The first-order chi connectivity index (χ1) is 14.0. The fourth-order valence-electron chi connectivity index (χ4n) is 3.24. The molecule has 0 atom stereocenters. The van der Waals surface area contributed by atoms with Gasteiger partial charge in [0.1, 0.15) is 12.3 Å². The zero-order valence-corrected chi connectivity index (χ0v) is 16.1. The van der Waals surface area contributed by atoms with Crippen LogP contribution in [0.25, 0.3) is 22.2 Å². The van der Waals surface area contributed by atoms with E-state index in [1.165, 1.54) is 6.07 Å². The summed E-state index contributed by atoms with van der Waals surface area (Å²) in [5.41, 5.74) is 2.75. The van der Waals surface area contributed by atoms with Crippen LogP contribution in [-0.2, 0) is 18.4 Å². The molecule has 1 N–H and O–H groups in total. The van der Waals surface area contributed by atoms with Crippen molar-refractivity contribution in [3.8, 4) is 17.0 Å². The maximum absolute atomic E-state index is 12.6. The highest BCUT2D eigenvalue weighted by atomic mass is 16.5. The SMILES string of the molecule is COc1cccc(-c2ccc(=O)n(CC(=O)Nc3cccc4c3ccn4C)n2)c1. The van der Waals surface area contributed by atoms with Gasteiger partial charge in [0, 0.05) is 35.8 Å². The van der Waals surface area contributed by atoms with Crippen LogP contribution in [0.5, 0.6) is 5.75 Å². The van der Waals surface area contributed by atoms with Gasteiger partial charge in [-0.25, -0.2) is 4.68 Å². The number of ether oxygens (including phenoxy) is 1. The quantitative estimate of drug-likeness (QED) is 0.570. The van der Waals surface area contributed by atoms with Crippen molar-refractivity contribution in [2.24, 2.45) is 7.05 Å². The van der Waals surface area contributed by atoms with Gasteiger partial charge in [-0.05, 0) is 36.4 Å². The highest BCUT2D eigenvalue weighted by Gasteiger charge is 2.11. The van der Waals surface area contributed by atoms with Crippen LogP contribution in [0.1, 0.15) is 0 Å². The topological polar surface area (TPSA) is 78.1 Å². The summed E-state index contributed by atoms with van der Waals surface area (Å²) in [5.74, 6) is 0.370. The molecule has 0 fully saturated rings. The molecule has 7 nitrogen and oxygen atoms in total. The van der Waals surface area contributed by atoms with Crippen molar-refractivity contribution in [1.29, 1.82) is 0 Å². The zero-order valence-electron chi connectivity index (χ0n) is 16.1. The summed E-state index contributed by atoms with van der Waals surface area (Å²) in [6, 6.07) is 18.1. The Hall–Kier alpha value is -3.87. The summed E-state index contributed by atoms with van der Waals surface area (Å²) in [6.45, 7) is -0.181. The van der Waals surface area contributed by atoms with Gasteiger partial charge in [-0.2, -0.15) is 5.10 Å². The van der Waals surface area contributed by atoms with Crippen LogP contribution < -0.4 is 15.6 Å². The third kappa shape index (κ3) is 3.75. The summed E-state index contributed by atoms with van der Waals surface area (Å²) in [5, 5.41) is 8.17. The number of methoxy groups -OCH3 is 1. The molecule has 0 aliphatic heterocycles. The second-order valence-corrected chi connectivity index (χ2v) is 6.66. The molecule has 0 aliphatic carbocycles. The zero-order chi connectivity index (χ0) is 20.4. The average molecular weight is 388 g/mol. The fourth-order valence-corrected chi connectivity index (χ4v) is 3.24. The van der Waals surface area contributed by atoms with Crippen LogP contribution in [0.15, 0.2) is 71.7 Å². The average Bonchev–Trinajstić information content (AvgIpc) is 3.12. The first-order valence-electron chi connectivity index (χ1n) is 9.11. The minimum absolute atomic E-state index is 0.181. The van der Waals surface area contributed by atoms with Crippen LogP contribution in [0.2, 0.25) is 0 Å². The van der Waals surface area contributed by atoms with Crippen LogP contribution >= 0.6 is 0 Å². The van der Waals surface area contributed by atoms with Gasteiger partial charge in [-0.15, -0.1) is 0 Å². The number of benzene rings is 2. The Morgan fingerprint density at radius 2 is 1.93 bits per heavy atom. The smallest absolute Gasteiger partial charge is 0.267 e. The van der Waals surface area contributed by atoms with Crippen LogP contribution in [0.4, 0.5) is 5.69 Å². The van der Waals surface area contributed by atoms with Gasteiger partial charge in [-0.3, -0.25) is 9.59 Å². The highest BCUT2D eigenvalue weighted by Crippen LogP contribution is 2.24. The van der Waals surface area contributed by atoms with Gasteiger partial charge in [-0.1, -0.05) is 18.2 Å². The largest absolute Gasteiger partial charge is 0.497 e. The second kappa shape index (κ2) is 7.63. The number of amides is 1. The molecular weight excluding hydrogens is 368 g/mol. The molecule has 4 rings (SSSR count). The maximum atomic E-state index is 12.6. The standard InChI is InChI=1S/C22H20N4O3/c1-25-12-11-17-19(7-4-8-20(17)25)23-21(27)14-26-22(28)10-9-18(24-26)15-5-3-6-16(13-15)29-2/h3-13H,14H2,1-2H3,(H,23,27). The van der Waals surface area contributed by atoms with Crippen molar-refractivity contribution in [3.05, 3.63) is 77.2 Å². The third-order valence-corrected chi connectivity index (χ3v) is 4.73. The number of nitrogens with one attached hydrogen (secondary N) is 1. The number of carbonyl (C=O) groups is 1. The van der Waals surface area contributed by atoms with E-state index in [2.05, 4.69) is 10.4 Å².